The number of nitrogens with zero attached hydrogens (tertiary/aromatic N) is 1. The largest absolute Gasteiger partial charge is 0.353 e. The zero-order valence-electron chi connectivity index (χ0n) is 11.6. The fraction of sp³-hybridized carbons (Fsp3) is 0.923. The van der Waals surface area contributed by atoms with Crippen molar-refractivity contribution in [2.75, 3.05) is 19.6 Å². The van der Waals surface area contributed by atoms with Gasteiger partial charge in [-0.2, -0.15) is 0 Å². The SMILES string of the molecule is CC(C)[C@H](N)C(=O)NCC(C)(C)N1CCCC1. The monoisotopic (exact) mass is 241 g/mol. The fourth-order valence-corrected chi connectivity index (χ4v) is 2.16. The first kappa shape index (κ1) is 14.5. The minimum atomic E-state index is -0.399. The Kier molecular flexibility index (Phi) is 4.95. The molecule has 17 heavy (non-hydrogen) atoms. The topological polar surface area (TPSA) is 58.4 Å². The highest BCUT2D eigenvalue weighted by atomic mass is 16.2. The Morgan fingerprint density at radius 2 is 1.88 bits per heavy atom. The highest BCUT2D eigenvalue weighted by Gasteiger charge is 2.30. The van der Waals surface area contributed by atoms with Crippen LogP contribution in [-0.2, 0) is 4.79 Å². The Labute approximate surface area is 105 Å². The molecule has 100 valence electrons. The van der Waals surface area contributed by atoms with E-state index in [1.54, 1.807) is 0 Å². The van der Waals surface area contributed by atoms with E-state index in [1.165, 1.54) is 12.8 Å². The van der Waals surface area contributed by atoms with Gasteiger partial charge in [-0.1, -0.05) is 13.8 Å². The Morgan fingerprint density at radius 3 is 2.35 bits per heavy atom. The third kappa shape index (κ3) is 3.96. The van der Waals surface area contributed by atoms with Gasteiger partial charge in [-0.05, 0) is 45.7 Å². The molecule has 4 nitrogen and oxygen atoms in total. The lowest BCUT2D eigenvalue weighted by molar-refractivity contribution is -0.123. The smallest absolute Gasteiger partial charge is 0.237 e. The molecule has 0 bridgehead atoms. The second kappa shape index (κ2) is 5.83. The molecule has 1 aliphatic rings. The average molecular weight is 241 g/mol. The number of hydrogen-bond acceptors (Lipinski definition) is 3. The first-order valence-corrected chi connectivity index (χ1v) is 6.63. The maximum atomic E-state index is 11.8. The van der Waals surface area contributed by atoms with E-state index >= 15 is 0 Å². The molecule has 1 saturated heterocycles. The minimum Gasteiger partial charge on any atom is -0.353 e. The van der Waals surface area contributed by atoms with Gasteiger partial charge in [-0.25, -0.2) is 0 Å². The summed E-state index contributed by atoms with van der Waals surface area (Å²) in [6.07, 6.45) is 2.53. The fourth-order valence-electron chi connectivity index (χ4n) is 2.16. The second-order valence-corrected chi connectivity index (χ2v) is 5.99. The molecule has 1 fully saturated rings. The lowest BCUT2D eigenvalue weighted by atomic mass is 10.0. The molecule has 0 spiro atoms. The van der Waals surface area contributed by atoms with Crippen LogP contribution in [0.15, 0.2) is 0 Å². The van der Waals surface area contributed by atoms with Crippen LogP contribution in [0.3, 0.4) is 0 Å². The Bertz CT molecular complexity index is 257. The van der Waals surface area contributed by atoms with E-state index in [4.69, 9.17) is 5.73 Å². The number of amides is 1. The zero-order chi connectivity index (χ0) is 13.1. The van der Waals surface area contributed by atoms with Gasteiger partial charge in [-0.3, -0.25) is 9.69 Å². The molecule has 1 heterocycles. The first-order valence-electron chi connectivity index (χ1n) is 6.63. The van der Waals surface area contributed by atoms with Gasteiger partial charge in [0.25, 0.3) is 0 Å². The van der Waals surface area contributed by atoms with Gasteiger partial charge in [0.05, 0.1) is 6.04 Å². The second-order valence-electron chi connectivity index (χ2n) is 5.99. The van der Waals surface area contributed by atoms with Crippen molar-refractivity contribution in [3.63, 3.8) is 0 Å². The maximum absolute atomic E-state index is 11.8. The number of nitrogens with two attached hydrogens (primary N) is 1. The van der Waals surface area contributed by atoms with Crippen LogP contribution in [0, 0.1) is 5.92 Å². The van der Waals surface area contributed by atoms with Crippen LogP contribution in [-0.4, -0.2) is 42.0 Å². The minimum absolute atomic E-state index is 0.0306. The van der Waals surface area contributed by atoms with Crippen LogP contribution in [0.4, 0.5) is 0 Å². The highest BCUT2D eigenvalue weighted by Crippen LogP contribution is 2.20. The summed E-state index contributed by atoms with van der Waals surface area (Å²) in [5, 5.41) is 2.98. The van der Waals surface area contributed by atoms with E-state index in [1.807, 2.05) is 13.8 Å². The van der Waals surface area contributed by atoms with Crippen LogP contribution in [0.5, 0.6) is 0 Å². The number of likely N-dealkylation sites (tertiary alicyclic amines) is 1. The number of carbonyl (C=O) groups is 1. The van der Waals surface area contributed by atoms with Gasteiger partial charge in [0.1, 0.15) is 0 Å². The molecular weight excluding hydrogens is 214 g/mol. The lowest BCUT2D eigenvalue weighted by Crippen LogP contribution is -2.53. The quantitative estimate of drug-likeness (QED) is 0.754. The molecule has 1 amide bonds. The Balaban J connectivity index is 2.40. The van der Waals surface area contributed by atoms with Crippen molar-refractivity contribution in [3.05, 3.63) is 0 Å². The van der Waals surface area contributed by atoms with E-state index in [0.717, 1.165) is 13.1 Å². The Morgan fingerprint density at radius 1 is 1.35 bits per heavy atom. The third-order valence-corrected chi connectivity index (χ3v) is 3.68. The van der Waals surface area contributed by atoms with Gasteiger partial charge in [-0.15, -0.1) is 0 Å². The summed E-state index contributed by atoms with van der Waals surface area (Å²) in [5.74, 6) is 0.150. The van der Waals surface area contributed by atoms with Gasteiger partial charge in [0.2, 0.25) is 5.91 Å². The normalized spacial score (nSPS) is 19.6. The molecule has 0 saturated carbocycles. The molecule has 0 unspecified atom stereocenters. The standard InChI is InChI=1S/C13H27N3O/c1-10(2)11(14)12(17)15-9-13(3,4)16-7-5-6-8-16/h10-11H,5-9,14H2,1-4H3,(H,15,17)/t11-/m0/s1. The molecule has 4 heteroatoms. The molecule has 0 aromatic rings. The lowest BCUT2D eigenvalue weighted by Gasteiger charge is -2.36. The van der Waals surface area contributed by atoms with Crippen molar-refractivity contribution in [3.8, 4) is 0 Å². The third-order valence-electron chi connectivity index (χ3n) is 3.68. The summed E-state index contributed by atoms with van der Waals surface area (Å²) in [4.78, 5) is 14.2. The summed E-state index contributed by atoms with van der Waals surface area (Å²) >= 11 is 0. The van der Waals surface area contributed by atoms with Crippen molar-refractivity contribution in [1.29, 1.82) is 0 Å². The molecule has 0 radical (unpaired) electrons. The average Bonchev–Trinajstić information content (AvgIpc) is 2.78. The molecule has 0 aromatic carbocycles. The molecule has 0 aliphatic carbocycles. The number of hydrogen-bond donors (Lipinski definition) is 2. The van der Waals surface area contributed by atoms with Crippen LogP contribution >= 0.6 is 0 Å². The van der Waals surface area contributed by atoms with E-state index in [-0.39, 0.29) is 17.4 Å². The van der Waals surface area contributed by atoms with Crippen molar-refractivity contribution in [1.82, 2.24) is 10.2 Å². The number of carbonyl (C=O) groups excluding carboxylic acids is 1. The summed E-state index contributed by atoms with van der Waals surface area (Å²) in [5.41, 5.74) is 5.85. The molecule has 0 aromatic heterocycles. The van der Waals surface area contributed by atoms with Gasteiger partial charge in [0, 0.05) is 12.1 Å². The number of rotatable bonds is 5. The maximum Gasteiger partial charge on any atom is 0.237 e. The molecule has 1 aliphatic heterocycles. The molecule has 1 rings (SSSR count). The summed E-state index contributed by atoms with van der Waals surface area (Å²) in [6.45, 7) is 11.2. The summed E-state index contributed by atoms with van der Waals surface area (Å²) < 4.78 is 0. The van der Waals surface area contributed by atoms with Crippen LogP contribution < -0.4 is 11.1 Å². The van der Waals surface area contributed by atoms with Crippen LogP contribution in [0.25, 0.3) is 0 Å². The van der Waals surface area contributed by atoms with E-state index in [9.17, 15) is 4.79 Å². The predicted octanol–water partition coefficient (Wildman–Crippen LogP) is 0.960. The summed E-state index contributed by atoms with van der Waals surface area (Å²) in [6, 6.07) is -0.399. The van der Waals surface area contributed by atoms with Crippen LogP contribution in [0.2, 0.25) is 0 Å². The van der Waals surface area contributed by atoms with Crippen molar-refractivity contribution in [2.24, 2.45) is 11.7 Å². The van der Waals surface area contributed by atoms with Crippen molar-refractivity contribution >= 4 is 5.91 Å². The van der Waals surface area contributed by atoms with E-state index < -0.39 is 6.04 Å². The first-order chi connectivity index (χ1) is 7.84. The zero-order valence-corrected chi connectivity index (χ0v) is 11.6. The van der Waals surface area contributed by atoms with E-state index in [2.05, 4.69) is 24.1 Å². The van der Waals surface area contributed by atoms with Crippen molar-refractivity contribution in [2.45, 2.75) is 52.1 Å². The summed E-state index contributed by atoms with van der Waals surface area (Å²) in [7, 11) is 0. The Hall–Kier alpha value is -0.610. The molecule has 3 N–H and O–H groups in total. The highest BCUT2D eigenvalue weighted by molar-refractivity contribution is 5.81. The van der Waals surface area contributed by atoms with Crippen LogP contribution in [0.1, 0.15) is 40.5 Å². The number of nitrogens with one attached hydrogen (secondary N) is 1. The van der Waals surface area contributed by atoms with Gasteiger partial charge < -0.3 is 11.1 Å². The van der Waals surface area contributed by atoms with Gasteiger partial charge >= 0.3 is 0 Å². The molecular formula is C13H27N3O. The van der Waals surface area contributed by atoms with Gasteiger partial charge in [0.15, 0.2) is 0 Å². The molecule has 1 atom stereocenters. The predicted molar refractivity (Wildman–Crippen MR) is 70.7 cm³/mol. The van der Waals surface area contributed by atoms with Crippen molar-refractivity contribution < 1.29 is 4.79 Å². The van der Waals surface area contributed by atoms with E-state index in [0.29, 0.717) is 6.54 Å².